The van der Waals surface area contributed by atoms with Crippen molar-refractivity contribution in [1.29, 1.82) is 0 Å². The highest BCUT2D eigenvalue weighted by Gasteiger charge is 2.29. The van der Waals surface area contributed by atoms with Gasteiger partial charge in [0.05, 0.1) is 11.4 Å². The molecule has 1 amide bonds. The van der Waals surface area contributed by atoms with E-state index in [1.165, 1.54) is 15.9 Å². The van der Waals surface area contributed by atoms with Crippen molar-refractivity contribution < 1.29 is 13.2 Å². The Morgan fingerprint density at radius 2 is 1.72 bits per heavy atom. The van der Waals surface area contributed by atoms with Crippen LogP contribution in [0.4, 0.5) is 0 Å². The molecule has 1 aliphatic rings. The van der Waals surface area contributed by atoms with Gasteiger partial charge in [-0.25, -0.2) is 8.42 Å². The lowest BCUT2D eigenvalue weighted by Gasteiger charge is -2.33. The van der Waals surface area contributed by atoms with Gasteiger partial charge in [-0.1, -0.05) is 48.0 Å². The molecule has 8 heteroatoms. The van der Waals surface area contributed by atoms with E-state index in [9.17, 15) is 13.2 Å². The Bertz CT molecular complexity index is 914. The van der Waals surface area contributed by atoms with E-state index in [0.29, 0.717) is 37.7 Å². The maximum absolute atomic E-state index is 12.7. The Balaban J connectivity index is 1.39. The fourth-order valence-corrected chi connectivity index (χ4v) is 5.05. The lowest BCUT2D eigenvalue weighted by Crippen LogP contribution is -2.51. The number of piperazine rings is 1. The van der Waals surface area contributed by atoms with Crippen molar-refractivity contribution >= 4 is 27.5 Å². The van der Waals surface area contributed by atoms with Crippen LogP contribution in [0.15, 0.2) is 59.5 Å². The first kappa shape index (κ1) is 21.8. The lowest BCUT2D eigenvalue weighted by atomic mass is 10.1. The predicted molar refractivity (Wildman–Crippen MR) is 114 cm³/mol. The number of carbonyl (C=O) groups is 1. The number of amides is 1. The summed E-state index contributed by atoms with van der Waals surface area (Å²) in [5.74, 6) is -0.0239. The van der Waals surface area contributed by atoms with E-state index in [4.69, 9.17) is 11.6 Å². The highest BCUT2D eigenvalue weighted by atomic mass is 35.5. The fourth-order valence-electron chi connectivity index (χ4n) is 3.33. The van der Waals surface area contributed by atoms with Gasteiger partial charge in [0.15, 0.2) is 0 Å². The zero-order chi connectivity index (χ0) is 20.7. The van der Waals surface area contributed by atoms with E-state index in [0.717, 1.165) is 12.8 Å². The standard InChI is InChI=1S/C21H26ClN3O3S/c22-19-9-4-10-20(16-19)29(27,28)25-14-12-24(13-15-25)17-21(26)23-11-5-8-18-6-2-1-3-7-18/h1-4,6-7,9-10,16H,5,8,11-15,17H2,(H,23,26). The molecular formula is C21H26ClN3O3S. The van der Waals surface area contributed by atoms with Crippen LogP contribution in [-0.4, -0.2) is 62.8 Å². The van der Waals surface area contributed by atoms with Crippen LogP contribution in [0.5, 0.6) is 0 Å². The number of carbonyl (C=O) groups excluding carboxylic acids is 1. The Labute approximate surface area is 177 Å². The van der Waals surface area contributed by atoms with E-state index in [1.807, 2.05) is 23.1 Å². The smallest absolute Gasteiger partial charge is 0.243 e. The predicted octanol–water partition coefficient (Wildman–Crippen LogP) is 2.40. The topological polar surface area (TPSA) is 69.7 Å². The summed E-state index contributed by atoms with van der Waals surface area (Å²) in [7, 11) is -3.56. The highest BCUT2D eigenvalue weighted by Crippen LogP contribution is 2.20. The third-order valence-corrected chi connectivity index (χ3v) is 7.07. The fraction of sp³-hybridized carbons (Fsp3) is 0.381. The van der Waals surface area contributed by atoms with Gasteiger partial charge in [0.1, 0.15) is 0 Å². The zero-order valence-electron chi connectivity index (χ0n) is 16.3. The molecule has 0 atom stereocenters. The van der Waals surface area contributed by atoms with Gasteiger partial charge < -0.3 is 5.32 Å². The molecule has 0 aliphatic carbocycles. The van der Waals surface area contributed by atoms with E-state index >= 15 is 0 Å². The summed E-state index contributed by atoms with van der Waals surface area (Å²) in [5.41, 5.74) is 1.26. The second kappa shape index (κ2) is 10.2. The van der Waals surface area contributed by atoms with Gasteiger partial charge in [0, 0.05) is 37.7 Å². The van der Waals surface area contributed by atoms with Gasteiger partial charge >= 0.3 is 0 Å². The second-order valence-corrected chi connectivity index (χ2v) is 9.45. The van der Waals surface area contributed by atoms with Gasteiger partial charge in [0.2, 0.25) is 15.9 Å². The van der Waals surface area contributed by atoms with Crippen LogP contribution in [0.25, 0.3) is 0 Å². The van der Waals surface area contributed by atoms with Crippen molar-refractivity contribution in [2.45, 2.75) is 17.7 Å². The summed E-state index contributed by atoms with van der Waals surface area (Å²) >= 11 is 5.92. The average Bonchev–Trinajstić information content (AvgIpc) is 2.72. The van der Waals surface area contributed by atoms with Crippen LogP contribution >= 0.6 is 11.6 Å². The van der Waals surface area contributed by atoms with Crippen LogP contribution in [0.1, 0.15) is 12.0 Å². The highest BCUT2D eigenvalue weighted by molar-refractivity contribution is 7.89. The van der Waals surface area contributed by atoms with Crippen LogP contribution in [-0.2, 0) is 21.2 Å². The first-order valence-electron chi connectivity index (χ1n) is 9.74. The van der Waals surface area contributed by atoms with E-state index < -0.39 is 10.0 Å². The van der Waals surface area contributed by atoms with Crippen molar-refractivity contribution in [3.63, 3.8) is 0 Å². The average molecular weight is 436 g/mol. The third kappa shape index (κ3) is 6.27. The third-order valence-electron chi connectivity index (χ3n) is 4.94. The molecule has 2 aromatic carbocycles. The number of hydrogen-bond donors (Lipinski definition) is 1. The molecule has 1 saturated heterocycles. The Morgan fingerprint density at radius 3 is 2.41 bits per heavy atom. The first-order valence-corrected chi connectivity index (χ1v) is 11.6. The van der Waals surface area contributed by atoms with Crippen LogP contribution in [0.2, 0.25) is 5.02 Å². The summed E-state index contributed by atoms with van der Waals surface area (Å²) in [6.45, 7) is 2.69. The molecule has 6 nitrogen and oxygen atoms in total. The number of aryl methyl sites for hydroxylation is 1. The first-order chi connectivity index (χ1) is 13.9. The van der Waals surface area contributed by atoms with Gasteiger partial charge in [0.25, 0.3) is 0 Å². The largest absolute Gasteiger partial charge is 0.355 e. The molecule has 0 saturated carbocycles. The molecule has 0 radical (unpaired) electrons. The van der Waals surface area contributed by atoms with Gasteiger partial charge in [-0.05, 0) is 36.6 Å². The van der Waals surface area contributed by atoms with Crippen LogP contribution in [0, 0.1) is 0 Å². The summed E-state index contributed by atoms with van der Waals surface area (Å²) < 4.78 is 26.9. The minimum atomic E-state index is -3.56. The Kier molecular flexibility index (Phi) is 7.66. The molecule has 0 bridgehead atoms. The van der Waals surface area contributed by atoms with E-state index in [2.05, 4.69) is 17.4 Å². The number of nitrogens with one attached hydrogen (secondary N) is 1. The van der Waals surface area contributed by atoms with Crippen molar-refractivity contribution in [3.05, 3.63) is 65.2 Å². The van der Waals surface area contributed by atoms with E-state index in [-0.39, 0.29) is 17.3 Å². The van der Waals surface area contributed by atoms with Crippen LogP contribution in [0.3, 0.4) is 0 Å². The SMILES string of the molecule is O=C(CN1CCN(S(=O)(=O)c2cccc(Cl)c2)CC1)NCCCc1ccccc1. The molecule has 1 fully saturated rings. The molecule has 0 aromatic heterocycles. The Morgan fingerprint density at radius 1 is 1.00 bits per heavy atom. The molecule has 1 heterocycles. The molecule has 29 heavy (non-hydrogen) atoms. The molecule has 156 valence electrons. The Hall–Kier alpha value is -1.93. The minimum Gasteiger partial charge on any atom is -0.355 e. The monoisotopic (exact) mass is 435 g/mol. The molecule has 3 rings (SSSR count). The summed E-state index contributed by atoms with van der Waals surface area (Å²) in [6.07, 6.45) is 1.82. The number of rotatable bonds is 8. The lowest BCUT2D eigenvalue weighted by molar-refractivity contribution is -0.122. The molecule has 2 aromatic rings. The van der Waals surface area contributed by atoms with Crippen LogP contribution < -0.4 is 5.32 Å². The number of halogens is 1. The zero-order valence-corrected chi connectivity index (χ0v) is 17.8. The minimum absolute atomic E-state index is 0.0239. The van der Waals surface area contributed by atoms with Gasteiger partial charge in [-0.2, -0.15) is 4.31 Å². The number of hydrogen-bond acceptors (Lipinski definition) is 4. The number of sulfonamides is 1. The maximum Gasteiger partial charge on any atom is 0.243 e. The normalized spacial score (nSPS) is 15.9. The molecular weight excluding hydrogens is 410 g/mol. The van der Waals surface area contributed by atoms with Crippen molar-refractivity contribution in [1.82, 2.24) is 14.5 Å². The van der Waals surface area contributed by atoms with Gasteiger partial charge in [-0.15, -0.1) is 0 Å². The van der Waals surface area contributed by atoms with E-state index in [1.54, 1.807) is 18.2 Å². The van der Waals surface area contributed by atoms with Crippen molar-refractivity contribution in [2.24, 2.45) is 0 Å². The number of benzene rings is 2. The summed E-state index contributed by atoms with van der Waals surface area (Å²) in [4.78, 5) is 14.3. The van der Waals surface area contributed by atoms with Crippen molar-refractivity contribution in [2.75, 3.05) is 39.3 Å². The maximum atomic E-state index is 12.7. The molecule has 1 aliphatic heterocycles. The summed E-state index contributed by atoms with van der Waals surface area (Å²) in [5, 5.41) is 3.34. The van der Waals surface area contributed by atoms with Crippen molar-refractivity contribution in [3.8, 4) is 0 Å². The quantitative estimate of drug-likeness (QED) is 0.646. The summed E-state index contributed by atoms with van der Waals surface area (Å²) in [6, 6.07) is 16.5. The second-order valence-electron chi connectivity index (χ2n) is 7.08. The molecule has 1 N–H and O–H groups in total. The van der Waals surface area contributed by atoms with Gasteiger partial charge in [-0.3, -0.25) is 9.69 Å². The molecule has 0 spiro atoms. The molecule has 0 unspecified atom stereocenters. The number of nitrogens with zero attached hydrogens (tertiary/aromatic N) is 2.